The van der Waals surface area contributed by atoms with Crippen LogP contribution in [0.3, 0.4) is 0 Å². The number of anilines is 1. The minimum absolute atomic E-state index is 0.612. The minimum atomic E-state index is 0.612. The monoisotopic (exact) mass is 260 g/mol. The number of thiophene rings is 1. The number of allylic oxidation sites excluding steroid dienone is 1. The Bertz CT molecular complexity index is 550. The Morgan fingerprint density at radius 3 is 2.65 bits per heavy atom. The van der Waals surface area contributed by atoms with Gasteiger partial charge in [-0.05, 0) is 41.1 Å². The van der Waals surface area contributed by atoms with Crippen molar-refractivity contribution in [2.45, 2.75) is 0 Å². The quantitative estimate of drug-likeness (QED) is 0.832. The third-order valence-electron chi connectivity index (χ3n) is 2.18. The van der Waals surface area contributed by atoms with Crippen molar-refractivity contribution in [3.8, 4) is 6.07 Å². The molecule has 2 rings (SSSR count). The van der Waals surface area contributed by atoms with Gasteiger partial charge < -0.3 is 5.32 Å². The lowest BCUT2D eigenvalue weighted by atomic mass is 10.2. The van der Waals surface area contributed by atoms with Gasteiger partial charge in [0.2, 0.25) is 0 Å². The molecule has 0 aliphatic heterocycles. The molecule has 1 N–H and O–H groups in total. The van der Waals surface area contributed by atoms with E-state index in [2.05, 4.69) is 11.4 Å². The summed E-state index contributed by atoms with van der Waals surface area (Å²) in [4.78, 5) is 0. The fourth-order valence-corrected chi connectivity index (χ4v) is 2.08. The van der Waals surface area contributed by atoms with E-state index >= 15 is 0 Å². The number of halogens is 1. The van der Waals surface area contributed by atoms with Gasteiger partial charge in [-0.3, -0.25) is 0 Å². The van der Waals surface area contributed by atoms with Gasteiger partial charge in [0.15, 0.2) is 0 Å². The first-order valence-electron chi connectivity index (χ1n) is 4.94. The number of nitrogens with one attached hydrogen (secondary N) is 1. The van der Waals surface area contributed by atoms with Crippen molar-refractivity contribution >= 4 is 34.2 Å². The van der Waals surface area contributed by atoms with Crippen LogP contribution >= 0.6 is 22.9 Å². The van der Waals surface area contributed by atoms with Crippen LogP contribution in [0.1, 0.15) is 5.56 Å². The Hall–Kier alpha value is -1.76. The molecule has 2 nitrogen and oxygen atoms in total. The Kier molecular flexibility index (Phi) is 3.81. The van der Waals surface area contributed by atoms with Crippen LogP contribution in [-0.2, 0) is 0 Å². The molecule has 1 aromatic carbocycles. The summed E-state index contributed by atoms with van der Waals surface area (Å²) in [6, 6.07) is 11.4. The minimum Gasteiger partial charge on any atom is -0.360 e. The van der Waals surface area contributed by atoms with E-state index in [1.165, 1.54) is 0 Å². The lowest BCUT2D eigenvalue weighted by Gasteiger charge is -2.01. The van der Waals surface area contributed by atoms with Crippen LogP contribution in [0.4, 0.5) is 5.69 Å². The van der Waals surface area contributed by atoms with Crippen molar-refractivity contribution in [2.75, 3.05) is 5.32 Å². The normalized spacial score (nSPS) is 10.9. The highest BCUT2D eigenvalue weighted by atomic mass is 35.5. The highest BCUT2D eigenvalue weighted by Crippen LogP contribution is 2.18. The fourth-order valence-electron chi connectivity index (χ4n) is 1.30. The van der Waals surface area contributed by atoms with Gasteiger partial charge in [-0.2, -0.15) is 16.6 Å². The Morgan fingerprint density at radius 2 is 2.06 bits per heavy atom. The number of nitrogens with zero attached hydrogens (tertiary/aromatic N) is 1. The maximum absolute atomic E-state index is 9.05. The van der Waals surface area contributed by atoms with Gasteiger partial charge in [-0.25, -0.2) is 0 Å². The standard InChI is InChI=1S/C13H9ClN2S/c14-12-1-3-13(4-2-12)16-8-11(7-15)10-5-6-17-9-10/h1-6,8-9,16H/b11-8-. The zero-order valence-corrected chi connectivity index (χ0v) is 10.4. The van der Waals surface area contributed by atoms with Crippen molar-refractivity contribution < 1.29 is 0 Å². The maximum Gasteiger partial charge on any atom is 0.101 e. The summed E-state index contributed by atoms with van der Waals surface area (Å²) >= 11 is 7.36. The van der Waals surface area contributed by atoms with Gasteiger partial charge in [0.25, 0.3) is 0 Å². The lowest BCUT2D eigenvalue weighted by Crippen LogP contribution is -1.89. The molecule has 4 heteroatoms. The summed E-state index contributed by atoms with van der Waals surface area (Å²) in [5.74, 6) is 0. The molecule has 1 aromatic heterocycles. The number of benzene rings is 1. The van der Waals surface area contributed by atoms with Crippen molar-refractivity contribution in [1.29, 1.82) is 5.26 Å². The zero-order valence-electron chi connectivity index (χ0n) is 8.85. The van der Waals surface area contributed by atoms with Gasteiger partial charge in [0.05, 0.1) is 5.57 Å². The first kappa shape index (κ1) is 11.7. The number of nitriles is 1. The molecule has 0 radical (unpaired) electrons. The zero-order chi connectivity index (χ0) is 12.1. The third-order valence-corrected chi connectivity index (χ3v) is 3.12. The molecule has 0 aliphatic carbocycles. The van der Waals surface area contributed by atoms with Crippen LogP contribution < -0.4 is 5.32 Å². The summed E-state index contributed by atoms with van der Waals surface area (Å²) in [5.41, 5.74) is 2.44. The summed E-state index contributed by atoms with van der Waals surface area (Å²) in [5, 5.41) is 16.7. The van der Waals surface area contributed by atoms with E-state index in [1.807, 2.05) is 29.0 Å². The van der Waals surface area contributed by atoms with Crippen molar-refractivity contribution in [3.05, 3.63) is 57.9 Å². The molecule has 0 saturated carbocycles. The number of rotatable bonds is 3. The first-order chi connectivity index (χ1) is 8.29. The lowest BCUT2D eigenvalue weighted by molar-refractivity contribution is 1.52. The topological polar surface area (TPSA) is 35.8 Å². The fraction of sp³-hybridized carbons (Fsp3) is 0. The number of hydrogen-bond acceptors (Lipinski definition) is 3. The van der Waals surface area contributed by atoms with E-state index in [4.69, 9.17) is 16.9 Å². The first-order valence-corrected chi connectivity index (χ1v) is 6.26. The van der Waals surface area contributed by atoms with Gasteiger partial charge in [0, 0.05) is 22.5 Å². The van der Waals surface area contributed by atoms with Gasteiger partial charge in [-0.1, -0.05) is 11.6 Å². The Labute approximate surface area is 109 Å². The van der Waals surface area contributed by atoms with E-state index in [0.717, 1.165) is 11.3 Å². The molecule has 0 unspecified atom stereocenters. The predicted octanol–water partition coefficient (Wildman–Crippen LogP) is 4.38. The average molecular weight is 261 g/mol. The Balaban J connectivity index is 2.14. The van der Waals surface area contributed by atoms with Crippen LogP contribution in [0.5, 0.6) is 0 Å². The summed E-state index contributed by atoms with van der Waals surface area (Å²) in [7, 11) is 0. The van der Waals surface area contributed by atoms with Crippen molar-refractivity contribution in [3.63, 3.8) is 0 Å². The van der Waals surface area contributed by atoms with E-state index in [9.17, 15) is 0 Å². The van der Waals surface area contributed by atoms with Crippen LogP contribution in [0, 0.1) is 11.3 Å². The second kappa shape index (κ2) is 5.53. The second-order valence-electron chi connectivity index (χ2n) is 3.33. The SMILES string of the molecule is N#C/C(=C/Nc1ccc(Cl)cc1)c1ccsc1. The summed E-state index contributed by atoms with van der Waals surface area (Å²) in [6.07, 6.45) is 1.70. The molecule has 17 heavy (non-hydrogen) atoms. The van der Waals surface area contributed by atoms with Crippen molar-refractivity contribution in [2.24, 2.45) is 0 Å². The molecule has 0 amide bonds. The molecule has 0 fully saturated rings. The molecule has 0 saturated heterocycles. The maximum atomic E-state index is 9.05. The molecular weight excluding hydrogens is 252 g/mol. The van der Waals surface area contributed by atoms with Gasteiger partial charge >= 0.3 is 0 Å². The van der Waals surface area contributed by atoms with Gasteiger partial charge in [-0.15, -0.1) is 0 Å². The molecule has 0 aliphatic rings. The van der Waals surface area contributed by atoms with E-state index in [0.29, 0.717) is 10.6 Å². The molecule has 1 heterocycles. The molecule has 0 atom stereocenters. The highest BCUT2D eigenvalue weighted by Gasteiger charge is 2.00. The van der Waals surface area contributed by atoms with Crippen LogP contribution in [-0.4, -0.2) is 0 Å². The van der Waals surface area contributed by atoms with Crippen LogP contribution in [0.15, 0.2) is 47.3 Å². The molecular formula is C13H9ClN2S. The highest BCUT2D eigenvalue weighted by molar-refractivity contribution is 7.08. The molecule has 0 spiro atoms. The average Bonchev–Trinajstić information content (AvgIpc) is 2.86. The molecule has 84 valence electrons. The van der Waals surface area contributed by atoms with Crippen LogP contribution in [0.2, 0.25) is 5.02 Å². The third kappa shape index (κ3) is 3.10. The van der Waals surface area contributed by atoms with Crippen molar-refractivity contribution in [1.82, 2.24) is 0 Å². The predicted molar refractivity (Wildman–Crippen MR) is 73.0 cm³/mol. The molecule has 2 aromatic rings. The Morgan fingerprint density at radius 1 is 1.29 bits per heavy atom. The largest absolute Gasteiger partial charge is 0.360 e. The molecule has 0 bridgehead atoms. The van der Waals surface area contributed by atoms with E-state index in [-0.39, 0.29) is 0 Å². The summed E-state index contributed by atoms with van der Waals surface area (Å²) in [6.45, 7) is 0. The van der Waals surface area contributed by atoms with E-state index < -0.39 is 0 Å². The number of hydrogen-bond donors (Lipinski definition) is 1. The van der Waals surface area contributed by atoms with E-state index in [1.54, 1.807) is 29.7 Å². The van der Waals surface area contributed by atoms with Gasteiger partial charge in [0.1, 0.15) is 6.07 Å². The van der Waals surface area contributed by atoms with Crippen LogP contribution in [0.25, 0.3) is 5.57 Å². The second-order valence-corrected chi connectivity index (χ2v) is 4.55. The smallest absolute Gasteiger partial charge is 0.101 e. The summed E-state index contributed by atoms with van der Waals surface area (Å²) < 4.78 is 0.